The van der Waals surface area contributed by atoms with Crippen LogP contribution in [0.4, 0.5) is 34.1 Å². The van der Waals surface area contributed by atoms with E-state index in [-0.39, 0.29) is 44.6 Å². The summed E-state index contributed by atoms with van der Waals surface area (Å²) < 4.78 is 1.23. The molecule has 0 saturated heterocycles. The van der Waals surface area contributed by atoms with Gasteiger partial charge in [-0.3, -0.25) is 0 Å². The van der Waals surface area contributed by atoms with E-state index in [1.54, 1.807) is 0 Å². The molecule has 3 heterocycles. The van der Waals surface area contributed by atoms with Crippen LogP contribution in [-0.4, -0.2) is 11.7 Å². The van der Waals surface area contributed by atoms with Crippen molar-refractivity contribution >= 4 is 78.8 Å². The van der Waals surface area contributed by atoms with E-state index < -0.39 is 0 Å². The van der Waals surface area contributed by atoms with Gasteiger partial charge in [0, 0.05) is 39.7 Å². The lowest BCUT2D eigenvalue weighted by atomic mass is 9.33. The Morgan fingerprint density at radius 3 is 1.43 bits per heavy atom. The van der Waals surface area contributed by atoms with E-state index >= 15 is 0 Å². The Labute approximate surface area is 425 Å². The number of hydrogen-bond acceptors (Lipinski definition) is 4. The molecule has 2 aliphatic carbocycles. The lowest BCUT2D eigenvalue weighted by Crippen LogP contribution is -2.62. The van der Waals surface area contributed by atoms with Crippen molar-refractivity contribution < 1.29 is 0 Å². The lowest BCUT2D eigenvalue weighted by molar-refractivity contribution is 0.332. The number of rotatable bonds is 3. The molecule has 5 heteroatoms. The molecule has 0 bridgehead atoms. The molecule has 0 fully saturated rings. The molecule has 0 saturated carbocycles. The average molecular weight is 942 g/mol. The highest BCUT2D eigenvalue weighted by Crippen LogP contribution is 2.53. The molecule has 70 heavy (non-hydrogen) atoms. The molecule has 6 aromatic carbocycles. The molecular formula is C65H76BN3S. The molecule has 2 aliphatic heterocycles. The topological polar surface area (TPSA) is 19.4 Å². The molecule has 0 radical (unpaired) electrons. The summed E-state index contributed by atoms with van der Waals surface area (Å²) in [4.78, 5) is 10.8. The molecule has 0 spiro atoms. The van der Waals surface area contributed by atoms with E-state index in [1.807, 2.05) is 11.3 Å². The van der Waals surface area contributed by atoms with Crippen molar-refractivity contribution in [2.45, 2.75) is 181 Å². The van der Waals surface area contributed by atoms with Gasteiger partial charge in [-0.15, -0.1) is 11.3 Å². The average Bonchev–Trinajstić information content (AvgIpc) is 3.70. The second kappa shape index (κ2) is 15.2. The van der Waals surface area contributed by atoms with Crippen LogP contribution in [0.15, 0.2) is 103 Å². The molecule has 0 atom stereocenters. The third kappa shape index (κ3) is 7.44. The number of hydrogen-bond donors (Lipinski definition) is 0. The standard InChI is InChI=1S/C65H76BN3S/c1-59(2,3)40-20-18-39(19-21-40)58-67-51-38-53-50(37-56(51)70-58)66-49-35-47-48(65(16,17)31-30-64(47,14)15)36-52(49)69(44-26-27-45-46(34-44)63(12,13)29-28-62(45,10)11)55-33-42(61(7,8)9)32-54(57(55)66)68(53)43-24-22-41(23-25-43)60(4,5)6/h18-27,32-38H,28-31H2,1-17H3. The van der Waals surface area contributed by atoms with E-state index in [9.17, 15) is 0 Å². The number of fused-ring (bicyclic) bond motifs is 7. The predicted molar refractivity (Wildman–Crippen MR) is 306 cm³/mol. The van der Waals surface area contributed by atoms with Gasteiger partial charge in [0.1, 0.15) is 5.01 Å². The van der Waals surface area contributed by atoms with Gasteiger partial charge in [-0.1, -0.05) is 166 Å². The molecule has 1 aromatic heterocycles. The number of aromatic nitrogens is 1. The highest BCUT2D eigenvalue weighted by atomic mass is 32.1. The predicted octanol–water partition coefficient (Wildman–Crippen LogP) is 16.6. The zero-order valence-electron chi connectivity index (χ0n) is 45.5. The third-order valence-corrected chi connectivity index (χ3v) is 18.6. The van der Waals surface area contributed by atoms with Gasteiger partial charge < -0.3 is 9.80 Å². The van der Waals surface area contributed by atoms with Gasteiger partial charge in [0.15, 0.2) is 0 Å². The van der Waals surface area contributed by atoms with Gasteiger partial charge in [0.05, 0.1) is 10.2 Å². The fourth-order valence-corrected chi connectivity index (χ4v) is 13.5. The van der Waals surface area contributed by atoms with Gasteiger partial charge in [0.25, 0.3) is 6.71 Å². The third-order valence-electron chi connectivity index (χ3n) is 17.5. The summed E-state index contributed by atoms with van der Waals surface area (Å²) >= 11 is 1.83. The van der Waals surface area contributed by atoms with E-state index in [0.717, 1.165) is 10.5 Å². The second-order valence-corrected chi connectivity index (χ2v) is 28.6. The second-order valence-electron chi connectivity index (χ2n) is 27.5. The van der Waals surface area contributed by atoms with Crippen LogP contribution in [-0.2, 0) is 37.9 Å². The molecule has 0 N–H and O–H groups in total. The SMILES string of the molecule is CC(C)(C)c1ccc(-c2nc3cc4c(cc3s2)B2c3cc5c(cc3N(c3ccc6c(c3)C(C)(C)CCC6(C)C)c3cc(C(C)(C)C)cc(c32)N4c2ccc(C(C)(C)C)cc2)C(C)(C)CCC5(C)C)cc1. The number of thiazole rings is 1. The smallest absolute Gasteiger partial charge is 0.252 e. The normalized spacial score (nSPS) is 18.5. The van der Waals surface area contributed by atoms with Crippen LogP contribution in [0.5, 0.6) is 0 Å². The first kappa shape index (κ1) is 47.2. The monoisotopic (exact) mass is 942 g/mol. The zero-order valence-corrected chi connectivity index (χ0v) is 46.3. The molecule has 7 aromatic rings. The maximum atomic E-state index is 5.48. The van der Waals surface area contributed by atoms with E-state index in [1.165, 1.54) is 125 Å². The van der Waals surface area contributed by atoms with Crippen LogP contribution in [0.2, 0.25) is 0 Å². The quantitative estimate of drug-likeness (QED) is 0.165. The molecule has 11 rings (SSSR count). The largest absolute Gasteiger partial charge is 0.311 e. The molecule has 360 valence electrons. The number of anilines is 6. The van der Waals surface area contributed by atoms with Crippen molar-refractivity contribution in [1.82, 2.24) is 4.98 Å². The van der Waals surface area contributed by atoms with E-state index in [0.29, 0.717) is 0 Å². The van der Waals surface area contributed by atoms with Gasteiger partial charge in [-0.25, -0.2) is 4.98 Å². The Morgan fingerprint density at radius 2 is 0.886 bits per heavy atom. The first-order chi connectivity index (χ1) is 32.5. The molecule has 3 nitrogen and oxygen atoms in total. The summed E-state index contributed by atoms with van der Waals surface area (Å²) in [5.41, 5.74) is 24.2. The fraction of sp³-hybridized carbons (Fsp3) is 0.431. The van der Waals surface area contributed by atoms with E-state index in [2.05, 4.69) is 231 Å². The maximum Gasteiger partial charge on any atom is 0.252 e. The van der Waals surface area contributed by atoms with Crippen molar-refractivity contribution in [2.75, 3.05) is 9.80 Å². The van der Waals surface area contributed by atoms with Gasteiger partial charge >= 0.3 is 0 Å². The minimum atomic E-state index is -0.116. The van der Waals surface area contributed by atoms with Crippen LogP contribution in [0.3, 0.4) is 0 Å². The van der Waals surface area contributed by atoms with Crippen molar-refractivity contribution in [3.05, 3.63) is 142 Å². The van der Waals surface area contributed by atoms with E-state index in [4.69, 9.17) is 4.98 Å². The summed E-state index contributed by atoms with van der Waals surface area (Å²) in [6.45, 7) is 40.8. The summed E-state index contributed by atoms with van der Waals surface area (Å²) in [5.74, 6) is 0. The van der Waals surface area contributed by atoms with Crippen LogP contribution >= 0.6 is 11.3 Å². The lowest BCUT2D eigenvalue weighted by Gasteiger charge is -2.48. The summed E-state index contributed by atoms with van der Waals surface area (Å²) in [6.07, 6.45) is 4.71. The first-order valence-corrected chi connectivity index (χ1v) is 27.1. The highest BCUT2D eigenvalue weighted by molar-refractivity contribution is 7.21. The van der Waals surface area contributed by atoms with Crippen molar-refractivity contribution in [3.63, 3.8) is 0 Å². The Morgan fingerprint density at radius 1 is 0.443 bits per heavy atom. The minimum Gasteiger partial charge on any atom is -0.311 e. The fourth-order valence-electron chi connectivity index (χ4n) is 12.5. The highest BCUT2D eigenvalue weighted by Gasteiger charge is 2.48. The Balaban J connectivity index is 1.25. The molecular weight excluding hydrogens is 866 g/mol. The summed E-state index contributed by atoms with van der Waals surface area (Å²) in [7, 11) is 0. The van der Waals surface area contributed by atoms with Gasteiger partial charge in [0.2, 0.25) is 0 Å². The first-order valence-electron chi connectivity index (χ1n) is 26.3. The van der Waals surface area contributed by atoms with Crippen molar-refractivity contribution in [1.29, 1.82) is 0 Å². The summed E-state index contributed by atoms with van der Waals surface area (Å²) in [5, 5.41) is 1.07. The molecule has 0 unspecified atom stereocenters. The Kier molecular flexibility index (Phi) is 10.3. The van der Waals surface area contributed by atoms with Crippen LogP contribution in [0, 0.1) is 0 Å². The van der Waals surface area contributed by atoms with Gasteiger partial charge in [-0.2, -0.15) is 0 Å². The van der Waals surface area contributed by atoms with Crippen LogP contribution < -0.4 is 26.2 Å². The molecule has 0 amide bonds. The summed E-state index contributed by atoms with van der Waals surface area (Å²) in [6, 6.07) is 41.6. The minimum absolute atomic E-state index is 0.00512. The zero-order chi connectivity index (χ0) is 50.0. The number of benzene rings is 6. The van der Waals surface area contributed by atoms with Crippen molar-refractivity contribution in [2.24, 2.45) is 0 Å². The Hall–Kier alpha value is -5.13. The number of nitrogens with zero attached hydrogens (tertiary/aromatic N) is 3. The Bertz CT molecular complexity index is 3270. The molecule has 4 aliphatic rings. The van der Waals surface area contributed by atoms with Crippen LogP contribution in [0.1, 0.15) is 182 Å². The maximum absolute atomic E-state index is 5.48. The van der Waals surface area contributed by atoms with Gasteiger partial charge in [-0.05, 0) is 174 Å². The van der Waals surface area contributed by atoms with Crippen molar-refractivity contribution in [3.8, 4) is 10.6 Å². The van der Waals surface area contributed by atoms with Crippen LogP contribution in [0.25, 0.3) is 20.8 Å².